The molecule has 1 heterocycles. The quantitative estimate of drug-likeness (QED) is 0.848. The molecule has 1 aliphatic rings. The lowest BCUT2D eigenvalue weighted by atomic mass is 9.81. The summed E-state index contributed by atoms with van der Waals surface area (Å²) in [5.41, 5.74) is 8.32. The highest BCUT2D eigenvalue weighted by atomic mass is 19.4. The van der Waals surface area contributed by atoms with Gasteiger partial charge in [-0.05, 0) is 37.3 Å². The van der Waals surface area contributed by atoms with Crippen molar-refractivity contribution in [1.29, 1.82) is 0 Å². The van der Waals surface area contributed by atoms with Gasteiger partial charge < -0.3 is 10.5 Å². The van der Waals surface area contributed by atoms with Crippen molar-refractivity contribution in [3.05, 3.63) is 29.6 Å². The molecule has 2 atom stereocenters. The van der Waals surface area contributed by atoms with E-state index in [1.807, 2.05) is 12.1 Å². The molecular formula is C14H19F3N2O. The number of pyridine rings is 1. The second kappa shape index (κ2) is 6.54. The second-order valence-corrected chi connectivity index (χ2v) is 5.17. The molecule has 1 aliphatic carbocycles. The first-order valence-electron chi connectivity index (χ1n) is 6.81. The molecule has 0 amide bonds. The Morgan fingerprint density at radius 1 is 1.45 bits per heavy atom. The number of hydrogen-bond acceptors (Lipinski definition) is 3. The van der Waals surface area contributed by atoms with E-state index in [2.05, 4.69) is 9.72 Å². The van der Waals surface area contributed by atoms with Gasteiger partial charge in [0.25, 0.3) is 0 Å². The number of aromatic nitrogens is 1. The molecule has 0 saturated carbocycles. The van der Waals surface area contributed by atoms with E-state index in [1.165, 1.54) is 5.56 Å². The first-order chi connectivity index (χ1) is 9.47. The van der Waals surface area contributed by atoms with Crippen LogP contribution in [0.1, 0.15) is 36.4 Å². The standard InChI is InChI=1S/C14H19F3N2O/c15-14(16,17)9-20-8-6-12(18)11-5-1-3-10-4-2-7-19-13(10)11/h2,4,7,11-12H,1,3,5-6,8-9,18H2. The van der Waals surface area contributed by atoms with Gasteiger partial charge in [0.2, 0.25) is 0 Å². The van der Waals surface area contributed by atoms with Crippen molar-refractivity contribution in [2.75, 3.05) is 13.2 Å². The molecule has 0 spiro atoms. The number of halogens is 3. The van der Waals surface area contributed by atoms with Crippen LogP contribution < -0.4 is 5.73 Å². The zero-order chi connectivity index (χ0) is 14.6. The van der Waals surface area contributed by atoms with Crippen LogP contribution in [0.25, 0.3) is 0 Å². The van der Waals surface area contributed by atoms with E-state index in [9.17, 15) is 13.2 Å². The Balaban J connectivity index is 1.86. The van der Waals surface area contributed by atoms with Crippen molar-refractivity contribution in [3.8, 4) is 0 Å². The van der Waals surface area contributed by atoms with Gasteiger partial charge in [-0.3, -0.25) is 4.98 Å². The Labute approximate surface area is 116 Å². The SMILES string of the molecule is NC(CCOCC(F)(F)F)C1CCCc2cccnc21. The number of nitrogens with zero attached hydrogens (tertiary/aromatic N) is 1. The number of aryl methyl sites for hydroxylation is 1. The summed E-state index contributed by atoms with van der Waals surface area (Å²) in [6.45, 7) is -1.18. The molecule has 0 aliphatic heterocycles. The van der Waals surface area contributed by atoms with Crippen molar-refractivity contribution in [2.45, 2.75) is 43.8 Å². The van der Waals surface area contributed by atoms with Gasteiger partial charge >= 0.3 is 6.18 Å². The van der Waals surface area contributed by atoms with E-state index in [0.29, 0.717) is 6.42 Å². The smallest absolute Gasteiger partial charge is 0.372 e. The highest BCUT2D eigenvalue weighted by Gasteiger charge is 2.29. The van der Waals surface area contributed by atoms with E-state index in [1.54, 1.807) is 6.20 Å². The molecule has 1 aromatic rings. The van der Waals surface area contributed by atoms with Gasteiger partial charge in [0, 0.05) is 30.5 Å². The molecule has 2 rings (SSSR count). The van der Waals surface area contributed by atoms with Crippen LogP contribution in [0.3, 0.4) is 0 Å². The second-order valence-electron chi connectivity index (χ2n) is 5.17. The van der Waals surface area contributed by atoms with Crippen LogP contribution in [-0.4, -0.2) is 30.4 Å². The minimum absolute atomic E-state index is 0.0271. The average Bonchev–Trinajstić information content (AvgIpc) is 2.41. The normalized spacial score (nSPS) is 20.5. The monoisotopic (exact) mass is 288 g/mol. The van der Waals surface area contributed by atoms with Gasteiger partial charge in [0.15, 0.2) is 0 Å². The van der Waals surface area contributed by atoms with E-state index in [-0.39, 0.29) is 18.6 Å². The summed E-state index contributed by atoms with van der Waals surface area (Å²) in [6.07, 6.45) is 0.853. The molecule has 0 saturated heterocycles. The van der Waals surface area contributed by atoms with Crippen molar-refractivity contribution < 1.29 is 17.9 Å². The fourth-order valence-corrected chi connectivity index (χ4v) is 2.67. The minimum Gasteiger partial charge on any atom is -0.372 e. The molecule has 2 unspecified atom stereocenters. The van der Waals surface area contributed by atoms with Gasteiger partial charge in [-0.2, -0.15) is 13.2 Å². The number of nitrogens with two attached hydrogens (primary N) is 1. The zero-order valence-electron chi connectivity index (χ0n) is 11.2. The lowest BCUT2D eigenvalue weighted by molar-refractivity contribution is -0.174. The van der Waals surface area contributed by atoms with Crippen LogP contribution in [0, 0.1) is 0 Å². The van der Waals surface area contributed by atoms with Crippen LogP contribution in [0.5, 0.6) is 0 Å². The zero-order valence-corrected chi connectivity index (χ0v) is 11.2. The molecule has 6 heteroatoms. The third-order valence-electron chi connectivity index (χ3n) is 3.62. The largest absolute Gasteiger partial charge is 0.411 e. The Kier molecular flexibility index (Phi) is 4.99. The molecule has 3 nitrogen and oxygen atoms in total. The van der Waals surface area contributed by atoms with Gasteiger partial charge in [0.1, 0.15) is 6.61 Å². The predicted molar refractivity (Wildman–Crippen MR) is 69.4 cm³/mol. The minimum atomic E-state index is -4.27. The maximum absolute atomic E-state index is 12.0. The Bertz CT molecular complexity index is 437. The molecule has 20 heavy (non-hydrogen) atoms. The van der Waals surface area contributed by atoms with Gasteiger partial charge in [0.05, 0.1) is 0 Å². The lowest BCUT2D eigenvalue weighted by Crippen LogP contribution is -2.33. The highest BCUT2D eigenvalue weighted by Crippen LogP contribution is 2.32. The first-order valence-corrected chi connectivity index (χ1v) is 6.81. The highest BCUT2D eigenvalue weighted by molar-refractivity contribution is 5.27. The van der Waals surface area contributed by atoms with E-state index in [4.69, 9.17) is 5.73 Å². The summed E-state index contributed by atoms with van der Waals surface area (Å²) in [5.74, 6) is 0.120. The molecule has 112 valence electrons. The third-order valence-corrected chi connectivity index (χ3v) is 3.62. The molecule has 0 bridgehead atoms. The Morgan fingerprint density at radius 2 is 2.25 bits per heavy atom. The summed E-state index contributed by atoms with van der Waals surface area (Å²) in [4.78, 5) is 4.39. The number of fused-ring (bicyclic) bond motifs is 1. The fourth-order valence-electron chi connectivity index (χ4n) is 2.67. The maximum atomic E-state index is 12.0. The average molecular weight is 288 g/mol. The maximum Gasteiger partial charge on any atom is 0.411 e. The predicted octanol–water partition coefficient (Wildman–Crippen LogP) is 2.80. The van der Waals surface area contributed by atoms with Gasteiger partial charge in [-0.15, -0.1) is 0 Å². The van der Waals surface area contributed by atoms with Crippen molar-refractivity contribution >= 4 is 0 Å². The molecule has 0 aromatic carbocycles. The van der Waals surface area contributed by atoms with Crippen LogP contribution >= 0.6 is 0 Å². The third kappa shape index (κ3) is 4.18. The molecule has 0 fully saturated rings. The fraction of sp³-hybridized carbons (Fsp3) is 0.643. The van der Waals surface area contributed by atoms with Crippen LogP contribution in [-0.2, 0) is 11.2 Å². The number of ether oxygens (including phenoxy) is 1. The number of hydrogen-bond donors (Lipinski definition) is 1. The molecule has 1 aromatic heterocycles. The molecular weight excluding hydrogens is 269 g/mol. The summed E-state index contributed by atoms with van der Waals surface area (Å²) in [5, 5.41) is 0. The van der Waals surface area contributed by atoms with E-state index < -0.39 is 12.8 Å². The summed E-state index contributed by atoms with van der Waals surface area (Å²) in [6, 6.07) is 3.73. The van der Waals surface area contributed by atoms with Crippen molar-refractivity contribution in [3.63, 3.8) is 0 Å². The van der Waals surface area contributed by atoms with Crippen molar-refractivity contribution in [1.82, 2.24) is 4.98 Å². The van der Waals surface area contributed by atoms with Crippen LogP contribution in [0.4, 0.5) is 13.2 Å². The summed E-state index contributed by atoms with van der Waals surface area (Å²) >= 11 is 0. The summed E-state index contributed by atoms with van der Waals surface area (Å²) < 4.78 is 40.5. The number of rotatable bonds is 5. The Hall–Kier alpha value is -1.14. The van der Waals surface area contributed by atoms with Crippen LogP contribution in [0.2, 0.25) is 0 Å². The van der Waals surface area contributed by atoms with E-state index in [0.717, 1.165) is 25.0 Å². The topological polar surface area (TPSA) is 48.1 Å². The van der Waals surface area contributed by atoms with Crippen molar-refractivity contribution in [2.24, 2.45) is 5.73 Å². The van der Waals surface area contributed by atoms with Gasteiger partial charge in [-0.1, -0.05) is 6.07 Å². The van der Waals surface area contributed by atoms with Gasteiger partial charge in [-0.25, -0.2) is 0 Å². The summed E-state index contributed by atoms with van der Waals surface area (Å²) in [7, 11) is 0. The lowest BCUT2D eigenvalue weighted by Gasteiger charge is -2.29. The molecule has 2 N–H and O–H groups in total. The van der Waals surface area contributed by atoms with E-state index >= 15 is 0 Å². The molecule has 0 radical (unpaired) electrons. The first kappa shape index (κ1) is 15.3. The Morgan fingerprint density at radius 3 is 3.00 bits per heavy atom. The van der Waals surface area contributed by atoms with Crippen LogP contribution in [0.15, 0.2) is 18.3 Å². The number of alkyl halides is 3.